The van der Waals surface area contributed by atoms with E-state index in [0.717, 1.165) is 59.0 Å². The number of H-pyrrole nitrogens is 1. The molecule has 4 aromatic rings. The van der Waals surface area contributed by atoms with E-state index in [1.807, 2.05) is 16.5 Å². The van der Waals surface area contributed by atoms with Crippen molar-refractivity contribution in [2.75, 3.05) is 44.7 Å². The van der Waals surface area contributed by atoms with Gasteiger partial charge in [-0.05, 0) is 62.5 Å². The molecule has 1 saturated heterocycles. The van der Waals surface area contributed by atoms with Gasteiger partial charge in [-0.2, -0.15) is 5.10 Å². The number of carbonyl (C=O) groups excluding carboxylic acids is 1. The molecule has 1 fully saturated rings. The number of aromatic amines is 1. The standard InChI is InChI=1S/C30H42N8O/c1-9-35(8)16-26(39)36-12-13-37(24(15-36)18(2)3)25-11-10-23-29(34-25)27(19(4)5)28(33-23)22-14-38-30(31-17-32-38)21(7)20(22)6/h10-11,14,17-19,24,33H,9,12-13,15-16H2,1-8H3. The number of hydrogen-bond acceptors (Lipinski definition) is 6. The summed E-state index contributed by atoms with van der Waals surface area (Å²) < 4.78 is 1.86. The van der Waals surface area contributed by atoms with Crippen LogP contribution in [0.5, 0.6) is 0 Å². The predicted molar refractivity (Wildman–Crippen MR) is 157 cm³/mol. The Balaban J connectivity index is 1.53. The van der Waals surface area contributed by atoms with Gasteiger partial charge in [0.1, 0.15) is 12.1 Å². The van der Waals surface area contributed by atoms with Gasteiger partial charge in [0.05, 0.1) is 29.3 Å². The highest BCUT2D eigenvalue weighted by Gasteiger charge is 2.33. The van der Waals surface area contributed by atoms with E-state index in [0.29, 0.717) is 19.0 Å². The third-order valence-electron chi connectivity index (χ3n) is 8.42. The molecule has 0 radical (unpaired) electrons. The van der Waals surface area contributed by atoms with Crippen LogP contribution >= 0.6 is 0 Å². The molecule has 4 aromatic heterocycles. The number of rotatable bonds is 7. The first kappa shape index (κ1) is 27.1. The second kappa shape index (κ2) is 10.6. The van der Waals surface area contributed by atoms with Crippen molar-refractivity contribution in [1.29, 1.82) is 0 Å². The van der Waals surface area contributed by atoms with Gasteiger partial charge in [0, 0.05) is 37.0 Å². The summed E-state index contributed by atoms with van der Waals surface area (Å²) in [6, 6.07) is 4.50. The van der Waals surface area contributed by atoms with Crippen molar-refractivity contribution in [3.8, 4) is 11.3 Å². The van der Waals surface area contributed by atoms with Gasteiger partial charge in [-0.25, -0.2) is 14.5 Å². The Morgan fingerprint density at radius 1 is 1.15 bits per heavy atom. The number of nitrogens with zero attached hydrogens (tertiary/aromatic N) is 7. The lowest BCUT2D eigenvalue weighted by Gasteiger charge is -2.44. The lowest BCUT2D eigenvalue weighted by atomic mass is 9.95. The molecular formula is C30H42N8O. The maximum atomic E-state index is 13.0. The topological polar surface area (TPSA) is 85.7 Å². The predicted octanol–water partition coefficient (Wildman–Crippen LogP) is 4.64. The van der Waals surface area contributed by atoms with Gasteiger partial charge in [-0.15, -0.1) is 0 Å². The molecule has 9 heteroatoms. The molecule has 1 N–H and O–H groups in total. The van der Waals surface area contributed by atoms with Crippen LogP contribution in [-0.4, -0.2) is 86.1 Å². The summed E-state index contributed by atoms with van der Waals surface area (Å²) in [4.78, 5) is 32.9. The van der Waals surface area contributed by atoms with Crippen LogP contribution in [-0.2, 0) is 4.79 Å². The highest BCUT2D eigenvalue weighted by Crippen LogP contribution is 2.38. The Morgan fingerprint density at radius 3 is 2.62 bits per heavy atom. The van der Waals surface area contributed by atoms with E-state index in [1.54, 1.807) is 6.33 Å². The van der Waals surface area contributed by atoms with Gasteiger partial charge in [-0.1, -0.05) is 34.6 Å². The van der Waals surface area contributed by atoms with E-state index in [-0.39, 0.29) is 17.9 Å². The normalized spacial score (nSPS) is 16.5. The minimum atomic E-state index is 0.208. The monoisotopic (exact) mass is 530 g/mol. The number of nitrogens with one attached hydrogen (secondary N) is 1. The smallest absolute Gasteiger partial charge is 0.236 e. The van der Waals surface area contributed by atoms with Crippen LogP contribution in [0.25, 0.3) is 27.9 Å². The third kappa shape index (κ3) is 4.88. The van der Waals surface area contributed by atoms with Crippen LogP contribution in [0.4, 0.5) is 5.82 Å². The van der Waals surface area contributed by atoms with Crippen molar-refractivity contribution in [2.45, 2.75) is 60.4 Å². The summed E-state index contributed by atoms with van der Waals surface area (Å²) in [7, 11) is 2.00. The van der Waals surface area contributed by atoms with E-state index < -0.39 is 0 Å². The van der Waals surface area contributed by atoms with E-state index in [1.165, 1.54) is 11.1 Å². The van der Waals surface area contributed by atoms with Crippen molar-refractivity contribution in [2.24, 2.45) is 5.92 Å². The molecule has 0 aliphatic carbocycles. The average Bonchev–Trinajstić information content (AvgIpc) is 3.54. The number of pyridine rings is 2. The summed E-state index contributed by atoms with van der Waals surface area (Å²) in [5.74, 6) is 1.84. The molecule has 5 heterocycles. The maximum Gasteiger partial charge on any atom is 0.236 e. The number of hydrogen-bond donors (Lipinski definition) is 1. The lowest BCUT2D eigenvalue weighted by molar-refractivity contribution is -0.133. The Labute approximate surface area is 231 Å². The van der Waals surface area contributed by atoms with Gasteiger partial charge < -0.3 is 14.8 Å². The molecule has 1 aliphatic rings. The maximum absolute atomic E-state index is 13.0. The second-order valence-corrected chi connectivity index (χ2v) is 11.6. The molecule has 0 aromatic carbocycles. The number of fused-ring (bicyclic) bond motifs is 2. The first-order valence-electron chi connectivity index (χ1n) is 14.2. The summed E-state index contributed by atoms with van der Waals surface area (Å²) >= 11 is 0. The average molecular weight is 531 g/mol. The van der Waals surface area contributed by atoms with Crippen LogP contribution in [0.3, 0.4) is 0 Å². The van der Waals surface area contributed by atoms with Crippen molar-refractivity contribution in [1.82, 2.24) is 34.4 Å². The number of piperazine rings is 1. The minimum Gasteiger partial charge on any atom is -0.353 e. The minimum absolute atomic E-state index is 0.208. The Morgan fingerprint density at radius 2 is 1.92 bits per heavy atom. The Hall–Kier alpha value is -3.46. The first-order chi connectivity index (χ1) is 18.6. The summed E-state index contributed by atoms with van der Waals surface area (Å²) in [6.07, 6.45) is 3.68. The zero-order valence-corrected chi connectivity index (χ0v) is 24.6. The number of carbonyl (C=O) groups is 1. The fourth-order valence-corrected chi connectivity index (χ4v) is 5.80. The van der Waals surface area contributed by atoms with Gasteiger partial charge in [0.25, 0.3) is 0 Å². The lowest BCUT2D eigenvalue weighted by Crippen LogP contribution is -2.58. The van der Waals surface area contributed by atoms with E-state index in [9.17, 15) is 4.79 Å². The van der Waals surface area contributed by atoms with Gasteiger partial charge in [0.2, 0.25) is 5.91 Å². The molecule has 39 heavy (non-hydrogen) atoms. The zero-order valence-electron chi connectivity index (χ0n) is 24.6. The Bertz CT molecular complexity index is 1500. The molecule has 0 saturated carbocycles. The van der Waals surface area contributed by atoms with E-state index in [4.69, 9.17) is 4.98 Å². The number of likely N-dealkylation sites (N-methyl/N-ethyl adjacent to an activating group) is 1. The van der Waals surface area contributed by atoms with Crippen LogP contribution in [0.1, 0.15) is 57.2 Å². The van der Waals surface area contributed by atoms with Gasteiger partial charge >= 0.3 is 0 Å². The summed E-state index contributed by atoms with van der Waals surface area (Å²) in [5, 5.41) is 4.41. The molecule has 5 rings (SSSR count). The molecule has 1 amide bonds. The van der Waals surface area contributed by atoms with Crippen molar-refractivity contribution in [3.05, 3.63) is 41.3 Å². The van der Waals surface area contributed by atoms with Gasteiger partial charge in [0.15, 0.2) is 5.65 Å². The summed E-state index contributed by atoms with van der Waals surface area (Å²) in [5.41, 5.74) is 8.69. The number of amides is 1. The highest BCUT2D eigenvalue weighted by molar-refractivity contribution is 5.90. The van der Waals surface area contributed by atoms with E-state index in [2.05, 4.69) is 91.7 Å². The number of aromatic nitrogens is 5. The number of anilines is 1. The molecular weight excluding hydrogens is 488 g/mol. The molecule has 0 bridgehead atoms. The van der Waals surface area contributed by atoms with Crippen molar-refractivity contribution >= 4 is 28.4 Å². The van der Waals surface area contributed by atoms with Crippen molar-refractivity contribution < 1.29 is 4.79 Å². The second-order valence-electron chi connectivity index (χ2n) is 11.6. The third-order valence-corrected chi connectivity index (χ3v) is 8.42. The van der Waals surface area contributed by atoms with Crippen LogP contribution in [0.2, 0.25) is 0 Å². The molecule has 208 valence electrons. The first-order valence-corrected chi connectivity index (χ1v) is 14.2. The molecule has 1 unspecified atom stereocenters. The molecule has 0 spiro atoms. The summed E-state index contributed by atoms with van der Waals surface area (Å²) in [6.45, 7) is 18.8. The van der Waals surface area contributed by atoms with Crippen LogP contribution < -0.4 is 4.90 Å². The fourth-order valence-electron chi connectivity index (χ4n) is 5.80. The zero-order chi connectivity index (χ0) is 28.0. The van der Waals surface area contributed by atoms with Crippen LogP contribution in [0.15, 0.2) is 24.7 Å². The molecule has 1 atom stereocenters. The molecule has 1 aliphatic heterocycles. The quantitative estimate of drug-likeness (QED) is 0.375. The van der Waals surface area contributed by atoms with Gasteiger partial charge in [-0.3, -0.25) is 9.69 Å². The van der Waals surface area contributed by atoms with Crippen LogP contribution in [0, 0.1) is 19.8 Å². The van der Waals surface area contributed by atoms with Crippen molar-refractivity contribution in [3.63, 3.8) is 0 Å². The van der Waals surface area contributed by atoms with E-state index >= 15 is 0 Å². The largest absolute Gasteiger partial charge is 0.353 e. The highest BCUT2D eigenvalue weighted by atomic mass is 16.2. The number of aryl methyl sites for hydroxylation is 1. The SMILES string of the molecule is CCN(C)CC(=O)N1CCN(c2ccc3[nH]c(-c4cn5ncnc5c(C)c4C)c(C(C)C)c3n2)C(C(C)C)C1. The molecule has 9 nitrogen and oxygen atoms in total. The fraction of sp³-hybridized carbons (Fsp3) is 0.533. The Kier molecular flexibility index (Phi) is 7.37.